The molecule has 0 aliphatic carbocycles. The second-order valence-corrected chi connectivity index (χ2v) is 6.91. The maximum absolute atomic E-state index is 12.5. The van der Waals surface area contributed by atoms with E-state index in [2.05, 4.69) is 23.5 Å². The van der Waals surface area contributed by atoms with Gasteiger partial charge < -0.3 is 15.0 Å². The van der Waals surface area contributed by atoms with Crippen LogP contribution in [-0.2, 0) is 9.59 Å². The van der Waals surface area contributed by atoms with Crippen molar-refractivity contribution >= 4 is 28.3 Å². The predicted octanol–water partition coefficient (Wildman–Crippen LogP) is 3.83. The number of rotatable bonds is 5. The highest BCUT2D eigenvalue weighted by molar-refractivity contribution is 5.98. The molecule has 1 N–H and O–H groups in total. The molecule has 0 saturated carbocycles. The number of ether oxygens (including phenoxy) is 1. The minimum atomic E-state index is -0.131. The summed E-state index contributed by atoms with van der Waals surface area (Å²) in [5.74, 6) is 0.456. The third-order valence-electron chi connectivity index (χ3n) is 5.04. The van der Waals surface area contributed by atoms with Gasteiger partial charge in [0.25, 0.3) is 5.91 Å². The zero-order valence-corrected chi connectivity index (χ0v) is 15.7. The maximum Gasteiger partial charge on any atom is 0.265 e. The highest BCUT2D eigenvalue weighted by Gasteiger charge is 2.25. The van der Waals surface area contributed by atoms with Crippen molar-refractivity contribution in [3.05, 3.63) is 72.3 Å². The zero-order valence-electron chi connectivity index (χ0n) is 15.7. The normalized spacial score (nSPS) is 14.3. The lowest BCUT2D eigenvalue weighted by Crippen LogP contribution is -2.41. The van der Waals surface area contributed by atoms with Crippen molar-refractivity contribution in [2.24, 2.45) is 0 Å². The molecule has 5 heteroatoms. The van der Waals surface area contributed by atoms with Gasteiger partial charge in [-0.25, -0.2) is 0 Å². The third kappa shape index (κ3) is 3.56. The van der Waals surface area contributed by atoms with Gasteiger partial charge in [-0.05, 0) is 35.4 Å². The summed E-state index contributed by atoms with van der Waals surface area (Å²) in [6, 6.07) is 21.5. The molecule has 3 aromatic rings. The van der Waals surface area contributed by atoms with E-state index in [4.69, 9.17) is 4.74 Å². The van der Waals surface area contributed by atoms with Crippen LogP contribution in [-0.4, -0.2) is 25.0 Å². The number of anilines is 1. The lowest BCUT2D eigenvalue weighted by molar-refractivity contribution is -0.122. The topological polar surface area (TPSA) is 58.6 Å². The SMILES string of the molecule is CC(NC(=O)CCN1C(=O)COc2ccccc21)c1cccc2ccccc12. The fourth-order valence-corrected chi connectivity index (χ4v) is 3.63. The number of carbonyl (C=O) groups is 2. The Hall–Kier alpha value is -3.34. The Kier molecular flexibility index (Phi) is 4.98. The van der Waals surface area contributed by atoms with E-state index in [0.717, 1.165) is 16.3 Å². The summed E-state index contributed by atoms with van der Waals surface area (Å²) in [7, 11) is 0. The van der Waals surface area contributed by atoms with Crippen molar-refractivity contribution in [1.29, 1.82) is 0 Å². The van der Waals surface area contributed by atoms with E-state index in [0.29, 0.717) is 18.0 Å². The van der Waals surface area contributed by atoms with Gasteiger partial charge in [0, 0.05) is 13.0 Å². The van der Waals surface area contributed by atoms with Crippen LogP contribution in [0.25, 0.3) is 10.8 Å². The van der Waals surface area contributed by atoms with Gasteiger partial charge >= 0.3 is 0 Å². The Balaban J connectivity index is 1.43. The molecular formula is C23H22N2O3. The number of para-hydroxylation sites is 2. The molecule has 1 unspecified atom stereocenters. The monoisotopic (exact) mass is 374 g/mol. The van der Waals surface area contributed by atoms with E-state index >= 15 is 0 Å². The van der Waals surface area contributed by atoms with Crippen molar-refractivity contribution in [2.75, 3.05) is 18.1 Å². The van der Waals surface area contributed by atoms with Crippen LogP contribution in [0, 0.1) is 0 Å². The van der Waals surface area contributed by atoms with Gasteiger partial charge in [0.15, 0.2) is 6.61 Å². The van der Waals surface area contributed by atoms with Crippen molar-refractivity contribution in [3.8, 4) is 5.75 Å². The van der Waals surface area contributed by atoms with Crippen molar-refractivity contribution in [3.63, 3.8) is 0 Å². The van der Waals surface area contributed by atoms with Crippen LogP contribution in [0.5, 0.6) is 5.75 Å². The molecule has 0 saturated heterocycles. The van der Waals surface area contributed by atoms with Crippen LogP contribution >= 0.6 is 0 Å². The van der Waals surface area contributed by atoms with Crippen LogP contribution in [0.15, 0.2) is 66.7 Å². The van der Waals surface area contributed by atoms with Gasteiger partial charge in [0.1, 0.15) is 5.75 Å². The first-order valence-electron chi connectivity index (χ1n) is 9.43. The number of nitrogens with zero attached hydrogens (tertiary/aromatic N) is 1. The molecule has 0 aromatic heterocycles. The molecule has 1 atom stereocenters. The van der Waals surface area contributed by atoms with Gasteiger partial charge in [-0.2, -0.15) is 0 Å². The Morgan fingerprint density at radius 2 is 1.82 bits per heavy atom. The predicted molar refractivity (Wildman–Crippen MR) is 109 cm³/mol. The number of hydrogen-bond acceptors (Lipinski definition) is 3. The van der Waals surface area contributed by atoms with Gasteiger partial charge in [0.05, 0.1) is 11.7 Å². The Morgan fingerprint density at radius 3 is 2.71 bits per heavy atom. The number of hydrogen-bond donors (Lipinski definition) is 1. The lowest BCUT2D eigenvalue weighted by atomic mass is 9.99. The summed E-state index contributed by atoms with van der Waals surface area (Å²) in [4.78, 5) is 26.4. The third-order valence-corrected chi connectivity index (χ3v) is 5.04. The van der Waals surface area contributed by atoms with Gasteiger partial charge in [-0.1, -0.05) is 54.6 Å². The van der Waals surface area contributed by atoms with Crippen LogP contribution in [0.1, 0.15) is 24.9 Å². The molecule has 2 amide bonds. The summed E-state index contributed by atoms with van der Waals surface area (Å²) in [6.45, 7) is 2.31. The molecule has 3 aromatic carbocycles. The molecule has 0 bridgehead atoms. The fraction of sp³-hybridized carbons (Fsp3) is 0.217. The Bertz CT molecular complexity index is 1030. The maximum atomic E-state index is 12.5. The number of nitrogens with one attached hydrogen (secondary N) is 1. The number of carbonyl (C=O) groups excluding carboxylic acids is 2. The molecule has 0 fully saturated rings. The van der Waals surface area contributed by atoms with Crippen molar-refractivity contribution < 1.29 is 14.3 Å². The van der Waals surface area contributed by atoms with E-state index < -0.39 is 0 Å². The van der Waals surface area contributed by atoms with Gasteiger partial charge in [-0.3, -0.25) is 9.59 Å². The molecular weight excluding hydrogens is 352 g/mol. The molecule has 1 aliphatic rings. The summed E-state index contributed by atoms with van der Waals surface area (Å²) in [6.07, 6.45) is 0.231. The summed E-state index contributed by atoms with van der Waals surface area (Å²) in [5, 5.41) is 5.34. The van der Waals surface area contributed by atoms with Gasteiger partial charge in [-0.15, -0.1) is 0 Å². The zero-order chi connectivity index (χ0) is 19.5. The van der Waals surface area contributed by atoms with Crippen molar-refractivity contribution in [1.82, 2.24) is 5.32 Å². The first kappa shape index (κ1) is 18.0. The van der Waals surface area contributed by atoms with E-state index in [9.17, 15) is 9.59 Å². The largest absolute Gasteiger partial charge is 0.482 e. The molecule has 0 radical (unpaired) electrons. The van der Waals surface area contributed by atoms with Crippen LogP contribution in [0.3, 0.4) is 0 Å². The highest BCUT2D eigenvalue weighted by Crippen LogP contribution is 2.31. The Morgan fingerprint density at radius 1 is 1.07 bits per heavy atom. The second kappa shape index (κ2) is 7.72. The van der Waals surface area contributed by atoms with E-state index in [1.807, 2.05) is 55.5 Å². The summed E-state index contributed by atoms with van der Waals surface area (Å²) >= 11 is 0. The second-order valence-electron chi connectivity index (χ2n) is 6.91. The average molecular weight is 374 g/mol. The number of benzene rings is 3. The molecule has 1 aliphatic heterocycles. The quantitative estimate of drug-likeness (QED) is 0.738. The van der Waals surface area contributed by atoms with Crippen LogP contribution < -0.4 is 15.0 Å². The molecule has 5 nitrogen and oxygen atoms in total. The molecule has 4 rings (SSSR count). The van der Waals surface area contributed by atoms with Gasteiger partial charge in [0.2, 0.25) is 5.91 Å². The van der Waals surface area contributed by atoms with Crippen molar-refractivity contribution in [2.45, 2.75) is 19.4 Å². The first-order chi connectivity index (χ1) is 13.6. The van der Waals surface area contributed by atoms with E-state index in [-0.39, 0.29) is 30.9 Å². The first-order valence-corrected chi connectivity index (χ1v) is 9.43. The number of amides is 2. The fourth-order valence-electron chi connectivity index (χ4n) is 3.63. The molecule has 0 spiro atoms. The van der Waals surface area contributed by atoms with E-state index in [1.165, 1.54) is 0 Å². The smallest absolute Gasteiger partial charge is 0.265 e. The average Bonchev–Trinajstić information content (AvgIpc) is 2.72. The number of fused-ring (bicyclic) bond motifs is 2. The minimum Gasteiger partial charge on any atom is -0.482 e. The standard InChI is InChI=1S/C23H22N2O3/c1-16(18-10-6-8-17-7-2-3-9-19(17)18)24-22(26)13-14-25-20-11-4-5-12-21(20)28-15-23(25)27/h2-12,16H,13-15H2,1H3,(H,24,26). The highest BCUT2D eigenvalue weighted by atomic mass is 16.5. The van der Waals surface area contributed by atoms with Crippen LogP contribution in [0.4, 0.5) is 5.69 Å². The lowest BCUT2D eigenvalue weighted by Gasteiger charge is -2.29. The Labute approximate surface area is 163 Å². The molecule has 142 valence electrons. The van der Waals surface area contributed by atoms with Crippen LogP contribution in [0.2, 0.25) is 0 Å². The van der Waals surface area contributed by atoms with E-state index in [1.54, 1.807) is 4.90 Å². The summed E-state index contributed by atoms with van der Waals surface area (Å²) in [5.41, 5.74) is 1.80. The molecule has 28 heavy (non-hydrogen) atoms. The minimum absolute atomic E-state index is 0.00500. The summed E-state index contributed by atoms with van der Waals surface area (Å²) < 4.78 is 5.44. The molecule has 1 heterocycles.